The lowest BCUT2D eigenvalue weighted by Gasteiger charge is -2.35. The zero-order valence-electron chi connectivity index (χ0n) is 15.7. The molecule has 2 aliphatic rings. The van der Waals surface area contributed by atoms with Crippen molar-refractivity contribution in [3.63, 3.8) is 0 Å². The first-order valence-corrected chi connectivity index (χ1v) is 9.32. The van der Waals surface area contributed by atoms with Crippen molar-refractivity contribution in [2.24, 2.45) is 0 Å². The Bertz CT molecular complexity index is 791. The summed E-state index contributed by atoms with van der Waals surface area (Å²) in [7, 11) is 4.09. The lowest BCUT2D eigenvalue weighted by Crippen LogP contribution is -2.47. The molecule has 0 radical (unpaired) electrons. The third kappa shape index (κ3) is 2.63. The third-order valence-electron chi connectivity index (χ3n) is 6.06. The maximum Gasteiger partial charge on any atom is 0.257 e. The standard InChI is InChI=1S/C18H26N6O2/c1-13-15(8-11-26-13)16(25)23-10-9-18(12-23,22(2)3)17-19-20-21-24(17)14-6-4-5-7-14/h8,11,14H,4-7,9-10,12H2,1-3H3. The van der Waals surface area contributed by atoms with Gasteiger partial charge in [-0.25, -0.2) is 4.68 Å². The van der Waals surface area contributed by atoms with Gasteiger partial charge >= 0.3 is 0 Å². The first kappa shape index (κ1) is 17.2. The maximum absolute atomic E-state index is 12.9. The molecule has 1 saturated carbocycles. The molecule has 1 unspecified atom stereocenters. The normalized spacial score (nSPS) is 24.1. The van der Waals surface area contributed by atoms with Gasteiger partial charge in [-0.05, 0) is 56.8 Å². The summed E-state index contributed by atoms with van der Waals surface area (Å²) in [6, 6.07) is 2.12. The lowest BCUT2D eigenvalue weighted by molar-refractivity contribution is 0.0735. The van der Waals surface area contributed by atoms with Gasteiger partial charge in [0.25, 0.3) is 5.91 Å². The fourth-order valence-corrected chi connectivity index (χ4v) is 4.39. The zero-order valence-corrected chi connectivity index (χ0v) is 15.7. The van der Waals surface area contributed by atoms with E-state index in [4.69, 9.17) is 4.42 Å². The minimum Gasteiger partial charge on any atom is -0.469 e. The SMILES string of the molecule is Cc1occc1C(=O)N1CCC(c2nnnn2C2CCCC2)(N(C)C)C1. The molecule has 0 N–H and O–H groups in total. The molecular weight excluding hydrogens is 332 g/mol. The number of furan rings is 1. The number of likely N-dealkylation sites (N-methyl/N-ethyl adjacent to an activating group) is 1. The number of carbonyl (C=O) groups is 1. The van der Waals surface area contributed by atoms with Crippen LogP contribution in [0.15, 0.2) is 16.7 Å². The number of rotatable bonds is 4. The fraction of sp³-hybridized carbons (Fsp3) is 0.667. The van der Waals surface area contributed by atoms with Gasteiger partial charge < -0.3 is 9.32 Å². The first-order valence-electron chi connectivity index (χ1n) is 9.32. The van der Waals surface area contributed by atoms with Crippen molar-refractivity contribution in [2.75, 3.05) is 27.2 Å². The summed E-state index contributed by atoms with van der Waals surface area (Å²) in [5, 5.41) is 12.7. The Morgan fingerprint density at radius 1 is 1.35 bits per heavy atom. The minimum atomic E-state index is -0.362. The average molecular weight is 358 g/mol. The number of tetrazole rings is 1. The number of hydrogen-bond donors (Lipinski definition) is 0. The Morgan fingerprint density at radius 2 is 2.12 bits per heavy atom. The van der Waals surface area contributed by atoms with Crippen LogP contribution in [0.4, 0.5) is 0 Å². The van der Waals surface area contributed by atoms with E-state index >= 15 is 0 Å². The van der Waals surface area contributed by atoms with Crippen molar-refractivity contribution < 1.29 is 9.21 Å². The van der Waals surface area contributed by atoms with Crippen LogP contribution in [0.1, 0.15) is 60.1 Å². The summed E-state index contributed by atoms with van der Waals surface area (Å²) < 4.78 is 7.33. The number of likely N-dealkylation sites (tertiary alicyclic amines) is 1. The topological polar surface area (TPSA) is 80.3 Å². The highest BCUT2D eigenvalue weighted by Gasteiger charge is 2.48. The molecule has 8 heteroatoms. The summed E-state index contributed by atoms with van der Waals surface area (Å²) >= 11 is 0. The third-order valence-corrected chi connectivity index (χ3v) is 6.06. The number of hydrogen-bond acceptors (Lipinski definition) is 6. The van der Waals surface area contributed by atoms with Crippen LogP contribution >= 0.6 is 0 Å². The number of amides is 1. The summed E-state index contributed by atoms with van der Waals surface area (Å²) in [5.74, 6) is 1.56. The van der Waals surface area contributed by atoms with E-state index in [1.54, 1.807) is 12.3 Å². The number of aryl methyl sites for hydroxylation is 1. The van der Waals surface area contributed by atoms with Crippen molar-refractivity contribution in [3.05, 3.63) is 29.5 Å². The molecule has 2 aromatic heterocycles. The van der Waals surface area contributed by atoms with E-state index in [2.05, 4.69) is 20.4 Å². The van der Waals surface area contributed by atoms with Crippen LogP contribution in [0.5, 0.6) is 0 Å². The molecule has 0 bridgehead atoms. The summed E-state index contributed by atoms with van der Waals surface area (Å²) in [5.41, 5.74) is 0.272. The highest BCUT2D eigenvalue weighted by atomic mass is 16.3. The molecule has 1 saturated heterocycles. The van der Waals surface area contributed by atoms with Crippen LogP contribution in [0.25, 0.3) is 0 Å². The van der Waals surface area contributed by atoms with E-state index in [9.17, 15) is 4.79 Å². The summed E-state index contributed by atoms with van der Waals surface area (Å²) in [4.78, 5) is 17.0. The molecule has 3 heterocycles. The second-order valence-corrected chi connectivity index (χ2v) is 7.68. The van der Waals surface area contributed by atoms with Crippen LogP contribution in [0, 0.1) is 6.92 Å². The van der Waals surface area contributed by atoms with Gasteiger partial charge in [0.1, 0.15) is 11.3 Å². The first-order chi connectivity index (χ1) is 12.5. The van der Waals surface area contributed by atoms with E-state index in [0.29, 0.717) is 30.5 Å². The van der Waals surface area contributed by atoms with Gasteiger partial charge in [-0.2, -0.15) is 0 Å². The van der Waals surface area contributed by atoms with Gasteiger partial charge in [0, 0.05) is 13.1 Å². The number of aromatic nitrogens is 4. The van der Waals surface area contributed by atoms with Crippen molar-refractivity contribution in [3.8, 4) is 0 Å². The van der Waals surface area contributed by atoms with E-state index in [1.807, 2.05) is 30.6 Å². The molecule has 0 spiro atoms. The van der Waals surface area contributed by atoms with Crippen molar-refractivity contribution >= 4 is 5.91 Å². The van der Waals surface area contributed by atoms with Gasteiger partial charge in [-0.15, -0.1) is 5.10 Å². The summed E-state index contributed by atoms with van der Waals surface area (Å²) in [6.07, 6.45) is 7.08. The van der Waals surface area contributed by atoms with E-state index in [1.165, 1.54) is 12.8 Å². The minimum absolute atomic E-state index is 0.0138. The highest BCUT2D eigenvalue weighted by molar-refractivity contribution is 5.95. The molecule has 1 amide bonds. The van der Waals surface area contributed by atoms with Crippen LogP contribution in [-0.4, -0.2) is 63.1 Å². The Kier molecular flexibility index (Phi) is 4.30. The smallest absolute Gasteiger partial charge is 0.257 e. The fourth-order valence-electron chi connectivity index (χ4n) is 4.39. The van der Waals surface area contributed by atoms with Gasteiger partial charge in [0.15, 0.2) is 5.82 Å². The molecule has 26 heavy (non-hydrogen) atoms. The highest BCUT2D eigenvalue weighted by Crippen LogP contribution is 2.39. The van der Waals surface area contributed by atoms with Crippen molar-refractivity contribution in [1.29, 1.82) is 0 Å². The predicted octanol–water partition coefficient (Wildman–Crippen LogP) is 1.99. The second-order valence-electron chi connectivity index (χ2n) is 7.68. The number of carbonyl (C=O) groups excluding carboxylic acids is 1. The van der Waals surface area contributed by atoms with Gasteiger partial charge in [-0.3, -0.25) is 9.69 Å². The van der Waals surface area contributed by atoms with Crippen LogP contribution in [-0.2, 0) is 5.54 Å². The molecule has 140 valence electrons. The van der Waals surface area contributed by atoms with Crippen LogP contribution in [0.2, 0.25) is 0 Å². The zero-order chi connectivity index (χ0) is 18.3. The number of nitrogens with zero attached hydrogens (tertiary/aromatic N) is 6. The predicted molar refractivity (Wildman–Crippen MR) is 94.7 cm³/mol. The van der Waals surface area contributed by atoms with Crippen LogP contribution in [0.3, 0.4) is 0 Å². The molecule has 1 aliphatic heterocycles. The maximum atomic E-state index is 12.9. The Balaban J connectivity index is 1.64. The van der Waals surface area contributed by atoms with Crippen LogP contribution < -0.4 is 0 Å². The quantitative estimate of drug-likeness (QED) is 0.831. The molecule has 4 rings (SSSR count). The monoisotopic (exact) mass is 358 g/mol. The molecule has 2 aromatic rings. The molecule has 0 aromatic carbocycles. The van der Waals surface area contributed by atoms with E-state index in [0.717, 1.165) is 25.1 Å². The Morgan fingerprint density at radius 3 is 2.77 bits per heavy atom. The molecular formula is C18H26N6O2. The average Bonchev–Trinajstić information content (AvgIpc) is 3.38. The van der Waals surface area contributed by atoms with Gasteiger partial charge in [0.2, 0.25) is 0 Å². The van der Waals surface area contributed by atoms with E-state index < -0.39 is 0 Å². The Labute approximate surface area is 153 Å². The van der Waals surface area contributed by atoms with Crippen molar-refractivity contribution in [1.82, 2.24) is 30.0 Å². The molecule has 1 aliphatic carbocycles. The lowest BCUT2D eigenvalue weighted by atomic mass is 9.95. The van der Waals surface area contributed by atoms with E-state index in [-0.39, 0.29) is 11.4 Å². The molecule has 8 nitrogen and oxygen atoms in total. The molecule has 2 fully saturated rings. The second kappa shape index (κ2) is 6.50. The van der Waals surface area contributed by atoms with Crippen molar-refractivity contribution in [2.45, 2.75) is 50.6 Å². The van der Waals surface area contributed by atoms with Gasteiger partial charge in [0.05, 0.1) is 17.9 Å². The Hall–Kier alpha value is -2.22. The summed E-state index contributed by atoms with van der Waals surface area (Å²) in [6.45, 7) is 3.08. The van der Waals surface area contributed by atoms with Gasteiger partial charge in [-0.1, -0.05) is 12.8 Å². The largest absolute Gasteiger partial charge is 0.469 e. The molecule has 1 atom stereocenters.